The molecule has 0 saturated carbocycles. The molecule has 1 aliphatic carbocycles. The molecular weight excluding hydrogens is 410 g/mol. The van der Waals surface area contributed by atoms with Gasteiger partial charge >= 0.3 is 5.97 Å². The molecule has 3 aromatic rings. The molecule has 0 aliphatic heterocycles. The van der Waals surface area contributed by atoms with Crippen molar-refractivity contribution in [2.45, 2.75) is 31.7 Å². The zero-order valence-corrected chi connectivity index (χ0v) is 18.6. The van der Waals surface area contributed by atoms with Crippen LogP contribution in [0.15, 0.2) is 42.5 Å². The lowest BCUT2D eigenvalue weighted by molar-refractivity contribution is -0.138. The van der Waals surface area contributed by atoms with E-state index < -0.39 is 5.97 Å². The molecule has 0 bridgehead atoms. The number of hydrogen-bond donors (Lipinski definition) is 2. The van der Waals surface area contributed by atoms with Gasteiger partial charge in [0.2, 0.25) is 5.91 Å². The molecule has 162 valence electrons. The highest BCUT2D eigenvalue weighted by molar-refractivity contribution is 7.18. The minimum Gasteiger partial charge on any atom is -0.481 e. The number of fused-ring (bicyclic) bond motifs is 2. The van der Waals surface area contributed by atoms with E-state index in [1.165, 1.54) is 5.56 Å². The SMILES string of the molecule is CN(C)CCc1ccc2nc(CNC(=O)C3Cc4ccccc4C3CC(=O)O)sc2c1. The molecule has 1 aromatic heterocycles. The van der Waals surface area contributed by atoms with E-state index in [1.807, 2.05) is 30.3 Å². The number of aromatic nitrogens is 1. The van der Waals surface area contributed by atoms with Crippen LogP contribution in [-0.2, 0) is 29.0 Å². The Morgan fingerprint density at radius 3 is 2.81 bits per heavy atom. The van der Waals surface area contributed by atoms with Crippen LogP contribution >= 0.6 is 11.3 Å². The molecule has 2 aromatic carbocycles. The maximum atomic E-state index is 13.0. The first-order chi connectivity index (χ1) is 14.9. The predicted molar refractivity (Wildman–Crippen MR) is 122 cm³/mol. The Labute approximate surface area is 185 Å². The standard InChI is InChI=1S/C24H27N3O3S/c1-27(2)10-9-15-7-8-20-21(11-15)31-22(26-20)14-25-24(30)19-12-16-5-3-4-6-17(16)18(19)13-23(28)29/h3-8,11,18-19H,9-10,12-14H2,1-2H3,(H,25,30)(H,28,29). The van der Waals surface area contributed by atoms with E-state index >= 15 is 0 Å². The van der Waals surface area contributed by atoms with Crippen molar-refractivity contribution in [1.82, 2.24) is 15.2 Å². The van der Waals surface area contributed by atoms with E-state index in [0.717, 1.165) is 39.3 Å². The number of likely N-dealkylation sites (N-methyl/N-ethyl adjacent to an activating group) is 1. The number of thiazole rings is 1. The number of rotatable bonds is 8. The van der Waals surface area contributed by atoms with Gasteiger partial charge < -0.3 is 15.3 Å². The van der Waals surface area contributed by atoms with Crippen LogP contribution in [-0.4, -0.2) is 47.5 Å². The van der Waals surface area contributed by atoms with Gasteiger partial charge in [-0.15, -0.1) is 11.3 Å². The summed E-state index contributed by atoms with van der Waals surface area (Å²) in [6.07, 6.45) is 1.53. The van der Waals surface area contributed by atoms with Crippen LogP contribution in [0.2, 0.25) is 0 Å². The van der Waals surface area contributed by atoms with Crippen molar-refractivity contribution in [3.63, 3.8) is 0 Å². The number of carbonyl (C=O) groups excluding carboxylic acids is 1. The summed E-state index contributed by atoms with van der Waals surface area (Å²) in [6.45, 7) is 1.35. The predicted octanol–water partition coefficient (Wildman–Crippen LogP) is 3.45. The summed E-state index contributed by atoms with van der Waals surface area (Å²) in [7, 11) is 4.13. The quantitative estimate of drug-likeness (QED) is 0.564. The zero-order valence-electron chi connectivity index (χ0n) is 17.8. The van der Waals surface area contributed by atoms with Crippen LogP contribution in [0.5, 0.6) is 0 Å². The van der Waals surface area contributed by atoms with Gasteiger partial charge in [0.1, 0.15) is 5.01 Å². The van der Waals surface area contributed by atoms with Crippen molar-refractivity contribution in [2.75, 3.05) is 20.6 Å². The van der Waals surface area contributed by atoms with Gasteiger partial charge in [0.05, 0.1) is 23.2 Å². The van der Waals surface area contributed by atoms with Crippen LogP contribution in [0.4, 0.5) is 0 Å². The highest BCUT2D eigenvalue weighted by atomic mass is 32.1. The van der Waals surface area contributed by atoms with Gasteiger partial charge in [-0.25, -0.2) is 4.98 Å². The fourth-order valence-corrected chi connectivity index (χ4v) is 5.26. The number of carbonyl (C=O) groups is 2. The molecule has 1 aliphatic rings. The number of benzene rings is 2. The number of nitrogens with one attached hydrogen (secondary N) is 1. The van der Waals surface area contributed by atoms with Crippen molar-refractivity contribution in [3.8, 4) is 0 Å². The summed E-state index contributed by atoms with van der Waals surface area (Å²) < 4.78 is 1.12. The molecule has 2 atom stereocenters. The number of hydrogen-bond acceptors (Lipinski definition) is 5. The van der Waals surface area contributed by atoms with Crippen molar-refractivity contribution >= 4 is 33.4 Å². The van der Waals surface area contributed by atoms with Crippen LogP contribution < -0.4 is 5.32 Å². The molecule has 2 N–H and O–H groups in total. The molecule has 4 rings (SSSR count). The van der Waals surface area contributed by atoms with E-state index in [1.54, 1.807) is 11.3 Å². The normalized spacial score (nSPS) is 17.8. The zero-order chi connectivity index (χ0) is 22.0. The maximum absolute atomic E-state index is 13.0. The second-order valence-corrected chi connectivity index (χ2v) is 9.51. The molecule has 0 spiro atoms. The lowest BCUT2D eigenvalue weighted by Gasteiger charge is -2.18. The van der Waals surface area contributed by atoms with Crippen LogP contribution in [0.1, 0.15) is 34.0 Å². The van der Waals surface area contributed by atoms with Crippen molar-refractivity contribution < 1.29 is 14.7 Å². The Balaban J connectivity index is 1.43. The summed E-state index contributed by atoms with van der Waals surface area (Å²) in [6, 6.07) is 14.1. The Morgan fingerprint density at radius 2 is 2.03 bits per heavy atom. The largest absolute Gasteiger partial charge is 0.481 e. The Hall–Kier alpha value is -2.77. The lowest BCUT2D eigenvalue weighted by Crippen LogP contribution is -2.33. The molecule has 2 unspecified atom stereocenters. The van der Waals surface area contributed by atoms with Gasteiger partial charge in [0, 0.05) is 18.4 Å². The second kappa shape index (κ2) is 9.16. The molecule has 0 fully saturated rings. The van der Waals surface area contributed by atoms with Crippen molar-refractivity contribution in [1.29, 1.82) is 0 Å². The van der Waals surface area contributed by atoms with Crippen molar-refractivity contribution in [3.05, 3.63) is 64.2 Å². The van der Waals surface area contributed by atoms with Crippen LogP contribution in [0.25, 0.3) is 10.2 Å². The average molecular weight is 438 g/mol. The summed E-state index contributed by atoms with van der Waals surface area (Å²) in [4.78, 5) is 31.2. The lowest BCUT2D eigenvalue weighted by atomic mass is 9.89. The monoisotopic (exact) mass is 437 g/mol. The van der Waals surface area contributed by atoms with Gasteiger partial charge in [-0.3, -0.25) is 9.59 Å². The smallest absolute Gasteiger partial charge is 0.303 e. The van der Waals surface area contributed by atoms with Gasteiger partial charge in [0.15, 0.2) is 0 Å². The minimum absolute atomic E-state index is 0.0358. The number of carboxylic acid groups (broad SMARTS) is 1. The summed E-state index contributed by atoms with van der Waals surface area (Å²) >= 11 is 1.60. The Morgan fingerprint density at radius 1 is 1.23 bits per heavy atom. The molecule has 0 radical (unpaired) electrons. The number of nitrogens with zero attached hydrogens (tertiary/aromatic N) is 2. The number of aliphatic carboxylic acids is 1. The number of carboxylic acids is 1. The van der Waals surface area contributed by atoms with E-state index in [2.05, 4.69) is 41.4 Å². The minimum atomic E-state index is -0.879. The topological polar surface area (TPSA) is 82.5 Å². The highest BCUT2D eigenvalue weighted by Crippen LogP contribution is 2.40. The van der Waals surface area contributed by atoms with Gasteiger partial charge in [-0.05, 0) is 55.8 Å². The van der Waals surface area contributed by atoms with Gasteiger partial charge in [-0.1, -0.05) is 30.3 Å². The van der Waals surface area contributed by atoms with Gasteiger partial charge in [-0.2, -0.15) is 0 Å². The third-order valence-corrected chi connectivity index (χ3v) is 6.89. The van der Waals surface area contributed by atoms with Crippen molar-refractivity contribution in [2.24, 2.45) is 5.92 Å². The van der Waals surface area contributed by atoms with Gasteiger partial charge in [0.25, 0.3) is 0 Å². The molecule has 1 heterocycles. The first-order valence-electron chi connectivity index (χ1n) is 10.5. The summed E-state index contributed by atoms with van der Waals surface area (Å²) in [5, 5.41) is 13.2. The molecule has 6 nitrogen and oxygen atoms in total. The molecule has 31 heavy (non-hydrogen) atoms. The van der Waals surface area contributed by atoms with E-state index in [4.69, 9.17) is 0 Å². The third-order valence-electron chi connectivity index (χ3n) is 5.87. The molecular formula is C24H27N3O3S. The fourth-order valence-electron chi connectivity index (χ4n) is 4.29. The van der Waals surface area contributed by atoms with E-state index in [9.17, 15) is 14.7 Å². The second-order valence-electron chi connectivity index (χ2n) is 8.39. The average Bonchev–Trinajstić information content (AvgIpc) is 3.31. The first-order valence-corrected chi connectivity index (χ1v) is 11.3. The summed E-state index contributed by atoms with van der Waals surface area (Å²) in [5.74, 6) is -1.63. The number of amides is 1. The van der Waals surface area contributed by atoms with E-state index in [-0.39, 0.29) is 24.2 Å². The maximum Gasteiger partial charge on any atom is 0.303 e. The molecule has 7 heteroatoms. The molecule has 1 amide bonds. The van der Waals surface area contributed by atoms with Crippen LogP contribution in [0.3, 0.4) is 0 Å². The molecule has 0 saturated heterocycles. The highest BCUT2D eigenvalue weighted by Gasteiger charge is 2.38. The summed E-state index contributed by atoms with van der Waals surface area (Å²) in [5.41, 5.74) is 4.27. The first kappa shape index (κ1) is 21.5. The van der Waals surface area contributed by atoms with E-state index in [0.29, 0.717) is 13.0 Å². The fraction of sp³-hybridized carbons (Fsp3) is 0.375. The third kappa shape index (κ3) is 4.94. The Bertz CT molecular complexity index is 1110. The Kier molecular flexibility index (Phi) is 6.34. The van der Waals surface area contributed by atoms with Crippen LogP contribution in [0, 0.1) is 5.92 Å².